The third-order valence-electron chi connectivity index (χ3n) is 6.52. The second-order valence-corrected chi connectivity index (χ2v) is 8.78. The van der Waals surface area contributed by atoms with E-state index < -0.39 is 17.7 Å². The molecule has 3 aromatic carbocycles. The minimum Gasteiger partial charge on any atom is -0.507 e. The van der Waals surface area contributed by atoms with Crippen molar-refractivity contribution in [3.63, 3.8) is 0 Å². The Bertz CT molecular complexity index is 1310. The van der Waals surface area contributed by atoms with E-state index in [0.29, 0.717) is 42.2 Å². The molecule has 0 aliphatic carbocycles. The van der Waals surface area contributed by atoms with Crippen LogP contribution in [0.25, 0.3) is 5.76 Å². The Hall–Kier alpha value is -4.26. The number of carbonyl (C=O) groups excluding carboxylic acids is 2. The molecular formula is C30H31NO6. The molecule has 192 valence electrons. The Kier molecular flexibility index (Phi) is 7.82. The number of hydrogen-bond donors (Lipinski definition) is 1. The van der Waals surface area contributed by atoms with Gasteiger partial charge in [0.15, 0.2) is 0 Å². The van der Waals surface area contributed by atoms with Gasteiger partial charge in [0.25, 0.3) is 11.7 Å². The fourth-order valence-electron chi connectivity index (χ4n) is 4.55. The van der Waals surface area contributed by atoms with Crippen LogP contribution in [0, 0.1) is 6.92 Å². The minimum absolute atomic E-state index is 0.0634. The van der Waals surface area contributed by atoms with Crippen molar-refractivity contribution < 1.29 is 28.9 Å². The standard InChI is InChI=1S/C30H31NO6/c1-5-37-25-15-10-22(18-19(25)2)28(32)26-27(21-8-13-24(36-4)14-9-21)31(30(34)29(26)33)17-16-20-6-11-23(35-3)12-7-20/h6-15,18,27,32H,5,16-17H2,1-4H3/t27-/m1/s1. The Morgan fingerprint density at radius 2 is 1.54 bits per heavy atom. The van der Waals surface area contributed by atoms with E-state index in [4.69, 9.17) is 14.2 Å². The molecule has 1 amide bonds. The quantitative estimate of drug-likeness (QED) is 0.250. The summed E-state index contributed by atoms with van der Waals surface area (Å²) in [7, 11) is 3.18. The normalized spacial score (nSPS) is 16.6. The number of nitrogens with zero attached hydrogens (tertiary/aromatic N) is 1. The second kappa shape index (κ2) is 11.2. The zero-order valence-corrected chi connectivity index (χ0v) is 21.5. The molecule has 1 aliphatic rings. The number of ether oxygens (including phenoxy) is 3. The molecule has 0 saturated carbocycles. The summed E-state index contributed by atoms with van der Waals surface area (Å²) in [6.07, 6.45) is 0.534. The minimum atomic E-state index is -0.740. The van der Waals surface area contributed by atoms with Crippen LogP contribution in [0.4, 0.5) is 0 Å². The molecule has 0 spiro atoms. The van der Waals surface area contributed by atoms with E-state index in [1.54, 1.807) is 44.6 Å². The summed E-state index contributed by atoms with van der Waals surface area (Å²) in [6.45, 7) is 4.58. The fourth-order valence-corrected chi connectivity index (χ4v) is 4.55. The number of aliphatic hydroxyl groups is 1. The van der Waals surface area contributed by atoms with E-state index in [-0.39, 0.29) is 11.3 Å². The number of amides is 1. The number of carbonyl (C=O) groups is 2. The van der Waals surface area contributed by atoms with Crippen molar-refractivity contribution in [2.45, 2.75) is 26.3 Å². The van der Waals surface area contributed by atoms with Crippen molar-refractivity contribution in [1.82, 2.24) is 4.90 Å². The average molecular weight is 502 g/mol. The largest absolute Gasteiger partial charge is 0.507 e. The van der Waals surface area contributed by atoms with Gasteiger partial charge in [-0.25, -0.2) is 0 Å². The number of rotatable bonds is 9. The summed E-state index contributed by atoms with van der Waals surface area (Å²) >= 11 is 0. The molecule has 0 aromatic heterocycles. The molecular weight excluding hydrogens is 470 g/mol. The lowest BCUT2D eigenvalue weighted by molar-refractivity contribution is -0.139. The Labute approximate surface area is 216 Å². The van der Waals surface area contributed by atoms with Crippen molar-refractivity contribution >= 4 is 17.4 Å². The number of Topliss-reactive ketones (excluding diaryl/α,β-unsaturated/α-hetero) is 1. The number of hydrogen-bond acceptors (Lipinski definition) is 6. The van der Waals surface area contributed by atoms with Gasteiger partial charge in [0.1, 0.15) is 23.0 Å². The first-order valence-corrected chi connectivity index (χ1v) is 12.2. The van der Waals surface area contributed by atoms with E-state index in [1.807, 2.05) is 50.2 Å². The van der Waals surface area contributed by atoms with Crippen LogP contribution in [0.3, 0.4) is 0 Å². The highest BCUT2D eigenvalue weighted by atomic mass is 16.5. The van der Waals surface area contributed by atoms with E-state index in [1.165, 1.54) is 4.90 Å². The van der Waals surface area contributed by atoms with Crippen molar-refractivity contribution in [3.05, 3.63) is 94.6 Å². The topological polar surface area (TPSA) is 85.3 Å². The van der Waals surface area contributed by atoms with E-state index in [0.717, 1.165) is 16.9 Å². The van der Waals surface area contributed by atoms with E-state index >= 15 is 0 Å². The van der Waals surface area contributed by atoms with Gasteiger partial charge in [-0.2, -0.15) is 0 Å². The average Bonchev–Trinajstić information content (AvgIpc) is 3.18. The van der Waals surface area contributed by atoms with Crippen molar-refractivity contribution in [1.29, 1.82) is 0 Å². The Morgan fingerprint density at radius 1 is 0.919 bits per heavy atom. The summed E-state index contributed by atoms with van der Waals surface area (Å²) in [5.74, 6) is 0.537. The van der Waals surface area contributed by atoms with Gasteiger partial charge < -0.3 is 24.2 Å². The third kappa shape index (κ3) is 5.31. The summed E-state index contributed by atoms with van der Waals surface area (Å²) < 4.78 is 16.1. The van der Waals surface area contributed by atoms with E-state index in [9.17, 15) is 14.7 Å². The zero-order chi connectivity index (χ0) is 26.5. The van der Waals surface area contributed by atoms with Gasteiger partial charge in [-0.05, 0) is 79.4 Å². The van der Waals surface area contributed by atoms with Crippen molar-refractivity contribution in [3.8, 4) is 17.2 Å². The number of methoxy groups -OCH3 is 2. The maximum atomic E-state index is 13.3. The highest BCUT2D eigenvalue weighted by Crippen LogP contribution is 2.40. The van der Waals surface area contributed by atoms with Gasteiger partial charge in [0, 0.05) is 12.1 Å². The maximum absolute atomic E-state index is 13.3. The lowest BCUT2D eigenvalue weighted by Crippen LogP contribution is -2.31. The number of benzene rings is 3. The number of aryl methyl sites for hydroxylation is 1. The first-order chi connectivity index (χ1) is 17.9. The fraction of sp³-hybridized carbons (Fsp3) is 0.267. The lowest BCUT2D eigenvalue weighted by atomic mass is 9.94. The Balaban J connectivity index is 1.74. The highest BCUT2D eigenvalue weighted by Gasteiger charge is 2.45. The molecule has 1 N–H and O–H groups in total. The van der Waals surface area contributed by atoms with Gasteiger partial charge >= 0.3 is 0 Å². The maximum Gasteiger partial charge on any atom is 0.295 e. The molecule has 7 nitrogen and oxygen atoms in total. The molecule has 1 atom stereocenters. The molecule has 37 heavy (non-hydrogen) atoms. The van der Waals surface area contributed by atoms with Crippen LogP contribution in [0.2, 0.25) is 0 Å². The van der Waals surface area contributed by atoms with Crippen LogP contribution in [-0.4, -0.2) is 49.1 Å². The molecule has 3 aromatic rings. The Morgan fingerprint density at radius 3 is 2.11 bits per heavy atom. The first-order valence-electron chi connectivity index (χ1n) is 12.2. The number of ketones is 1. The van der Waals surface area contributed by atoms with Crippen LogP contribution >= 0.6 is 0 Å². The molecule has 4 rings (SSSR count). The van der Waals surface area contributed by atoms with Crippen LogP contribution in [-0.2, 0) is 16.0 Å². The van der Waals surface area contributed by atoms with E-state index in [2.05, 4.69) is 0 Å². The summed E-state index contributed by atoms with van der Waals surface area (Å²) in [5, 5.41) is 11.3. The van der Waals surface area contributed by atoms with Gasteiger partial charge in [-0.3, -0.25) is 9.59 Å². The predicted octanol–water partition coefficient (Wildman–Crippen LogP) is 5.08. The summed E-state index contributed by atoms with van der Waals surface area (Å²) in [4.78, 5) is 28.1. The lowest BCUT2D eigenvalue weighted by Gasteiger charge is -2.25. The van der Waals surface area contributed by atoms with Gasteiger partial charge in [-0.1, -0.05) is 24.3 Å². The van der Waals surface area contributed by atoms with Crippen LogP contribution < -0.4 is 14.2 Å². The van der Waals surface area contributed by atoms with Crippen molar-refractivity contribution in [2.75, 3.05) is 27.4 Å². The van der Waals surface area contributed by atoms with Gasteiger partial charge in [0.2, 0.25) is 0 Å². The number of aliphatic hydroxyl groups excluding tert-OH is 1. The smallest absolute Gasteiger partial charge is 0.295 e. The van der Waals surface area contributed by atoms with Gasteiger partial charge in [0.05, 0.1) is 32.4 Å². The second-order valence-electron chi connectivity index (χ2n) is 8.78. The predicted molar refractivity (Wildman–Crippen MR) is 141 cm³/mol. The molecule has 7 heteroatoms. The molecule has 1 heterocycles. The highest BCUT2D eigenvalue weighted by molar-refractivity contribution is 6.46. The molecule has 0 unspecified atom stereocenters. The van der Waals surface area contributed by atoms with Gasteiger partial charge in [-0.15, -0.1) is 0 Å². The number of likely N-dealkylation sites (tertiary alicyclic amines) is 1. The SMILES string of the molecule is CCOc1ccc(C(O)=C2C(=O)C(=O)N(CCc3ccc(OC)cc3)[C@@H]2c2ccc(OC)cc2)cc1C. The van der Waals surface area contributed by atoms with Crippen molar-refractivity contribution in [2.24, 2.45) is 0 Å². The molecule has 1 fully saturated rings. The molecule has 1 aliphatic heterocycles. The molecule has 1 saturated heterocycles. The summed E-state index contributed by atoms with van der Waals surface area (Å²) in [6, 6.07) is 19.2. The zero-order valence-electron chi connectivity index (χ0n) is 21.5. The molecule has 0 bridgehead atoms. The summed E-state index contributed by atoms with van der Waals surface area (Å²) in [5.41, 5.74) is 3.04. The third-order valence-corrected chi connectivity index (χ3v) is 6.52. The van der Waals surface area contributed by atoms with Crippen LogP contribution in [0.5, 0.6) is 17.2 Å². The molecule has 0 radical (unpaired) electrons. The van der Waals surface area contributed by atoms with Crippen LogP contribution in [0.1, 0.15) is 35.2 Å². The van der Waals surface area contributed by atoms with Crippen LogP contribution in [0.15, 0.2) is 72.3 Å². The monoisotopic (exact) mass is 501 g/mol. The first kappa shape index (κ1) is 25.8.